The van der Waals surface area contributed by atoms with E-state index < -0.39 is 0 Å². The lowest BCUT2D eigenvalue weighted by atomic mass is 9.97. The topological polar surface area (TPSA) is 23.6 Å². The molecule has 0 saturated carbocycles. The van der Waals surface area contributed by atoms with Crippen LogP contribution in [0.15, 0.2) is 18.2 Å². The minimum atomic E-state index is -0.0202. The number of rotatable bonds is 1. The number of para-hydroxylation sites is 1. The van der Waals surface area contributed by atoms with Gasteiger partial charge < -0.3 is 4.90 Å². The van der Waals surface area contributed by atoms with E-state index in [-0.39, 0.29) is 11.9 Å². The van der Waals surface area contributed by atoms with Crippen LogP contribution in [-0.4, -0.2) is 28.5 Å². The number of hydrogen-bond donors (Lipinski definition) is 0. The molecule has 1 aromatic rings. The lowest BCUT2D eigenvalue weighted by Gasteiger charge is -2.45. The molecule has 106 valence electrons. The van der Waals surface area contributed by atoms with Gasteiger partial charge in [0.2, 0.25) is 5.91 Å². The molecule has 1 amide bonds. The number of thiocarbonyl (C=S) groups is 1. The molecule has 3 nitrogen and oxygen atoms in total. The first-order chi connectivity index (χ1) is 9.59. The van der Waals surface area contributed by atoms with Crippen molar-refractivity contribution < 1.29 is 4.79 Å². The van der Waals surface area contributed by atoms with Gasteiger partial charge in [0.15, 0.2) is 5.11 Å². The highest BCUT2D eigenvalue weighted by molar-refractivity contribution is 7.80. The summed E-state index contributed by atoms with van der Waals surface area (Å²) < 4.78 is 0. The maximum atomic E-state index is 12.5. The van der Waals surface area contributed by atoms with Gasteiger partial charge in [-0.1, -0.05) is 29.3 Å². The molecule has 2 fully saturated rings. The molecule has 0 radical (unpaired) electrons. The predicted octanol–water partition coefficient (Wildman–Crippen LogP) is 3.87. The molecular formula is C14H14Cl2N2OS. The Bertz CT molecular complexity index is 558. The average molecular weight is 329 g/mol. The van der Waals surface area contributed by atoms with Crippen molar-refractivity contribution in [1.29, 1.82) is 0 Å². The smallest absolute Gasteiger partial charge is 0.235 e. The standard InChI is InChI=1S/C14H14Cl2N2OS/c15-10-5-3-6-11(16)13(10)18-12(19)8-9-4-1-2-7-17(9)14(18)20/h3,5-6,9H,1-2,4,7-8H2. The summed E-state index contributed by atoms with van der Waals surface area (Å²) in [5, 5.41) is 1.42. The van der Waals surface area contributed by atoms with Crippen LogP contribution in [0.5, 0.6) is 0 Å². The first-order valence-corrected chi connectivity index (χ1v) is 7.83. The summed E-state index contributed by atoms with van der Waals surface area (Å²) in [6.07, 6.45) is 3.76. The van der Waals surface area contributed by atoms with Crippen LogP contribution in [0.4, 0.5) is 5.69 Å². The fraction of sp³-hybridized carbons (Fsp3) is 0.429. The second kappa shape index (κ2) is 5.51. The van der Waals surface area contributed by atoms with Crippen molar-refractivity contribution in [3.63, 3.8) is 0 Å². The van der Waals surface area contributed by atoms with Crippen LogP contribution in [0.3, 0.4) is 0 Å². The zero-order valence-corrected chi connectivity index (χ0v) is 13.1. The molecule has 6 heteroatoms. The number of carbonyl (C=O) groups is 1. The molecule has 2 heterocycles. The van der Waals surface area contributed by atoms with Crippen LogP contribution in [-0.2, 0) is 4.79 Å². The highest BCUT2D eigenvalue weighted by Crippen LogP contribution is 2.38. The summed E-state index contributed by atoms with van der Waals surface area (Å²) >= 11 is 17.9. The number of piperidine rings is 1. The van der Waals surface area contributed by atoms with Gasteiger partial charge in [-0.05, 0) is 43.6 Å². The average Bonchev–Trinajstić information content (AvgIpc) is 2.42. The van der Waals surface area contributed by atoms with Crippen LogP contribution in [0.1, 0.15) is 25.7 Å². The first-order valence-electron chi connectivity index (χ1n) is 6.67. The zero-order valence-electron chi connectivity index (χ0n) is 10.8. The summed E-state index contributed by atoms with van der Waals surface area (Å²) in [6, 6.07) is 5.44. The third kappa shape index (κ3) is 2.30. The lowest BCUT2D eigenvalue weighted by molar-refractivity contribution is -0.120. The number of amides is 1. The van der Waals surface area contributed by atoms with Gasteiger partial charge in [-0.25, -0.2) is 0 Å². The van der Waals surface area contributed by atoms with Gasteiger partial charge in [-0.15, -0.1) is 0 Å². The maximum Gasteiger partial charge on any atom is 0.235 e. The lowest BCUT2D eigenvalue weighted by Crippen LogP contribution is -2.58. The van der Waals surface area contributed by atoms with Gasteiger partial charge in [-0.2, -0.15) is 0 Å². The molecule has 0 N–H and O–H groups in total. The van der Waals surface area contributed by atoms with E-state index in [1.54, 1.807) is 18.2 Å². The molecule has 1 aromatic carbocycles. The fourth-order valence-corrected chi connectivity index (χ4v) is 3.92. The summed E-state index contributed by atoms with van der Waals surface area (Å²) in [5.74, 6) is -0.0202. The Labute approximate surface area is 133 Å². The Morgan fingerprint density at radius 3 is 2.60 bits per heavy atom. The van der Waals surface area contributed by atoms with Crippen LogP contribution in [0, 0.1) is 0 Å². The van der Waals surface area contributed by atoms with Gasteiger partial charge in [-0.3, -0.25) is 9.69 Å². The number of benzene rings is 1. The third-order valence-corrected chi connectivity index (χ3v) is 4.91. The van der Waals surface area contributed by atoms with Crippen LogP contribution < -0.4 is 4.90 Å². The fourth-order valence-electron chi connectivity index (χ4n) is 2.92. The highest BCUT2D eigenvalue weighted by atomic mass is 35.5. The number of halogens is 2. The molecule has 2 saturated heterocycles. The number of hydrogen-bond acceptors (Lipinski definition) is 2. The number of carbonyl (C=O) groups excluding carboxylic acids is 1. The summed E-state index contributed by atoms with van der Waals surface area (Å²) in [4.78, 5) is 16.1. The van der Waals surface area contributed by atoms with E-state index in [0.717, 1.165) is 25.8 Å². The molecule has 0 aromatic heterocycles. The van der Waals surface area contributed by atoms with Crippen molar-refractivity contribution >= 4 is 52.1 Å². The largest absolute Gasteiger partial charge is 0.345 e. The van der Waals surface area contributed by atoms with Crippen molar-refractivity contribution in [1.82, 2.24) is 4.90 Å². The van der Waals surface area contributed by atoms with E-state index in [1.165, 1.54) is 4.90 Å². The van der Waals surface area contributed by atoms with Gasteiger partial charge in [0.1, 0.15) is 0 Å². The Balaban J connectivity index is 2.00. The van der Waals surface area contributed by atoms with Crippen molar-refractivity contribution in [2.45, 2.75) is 31.7 Å². The maximum absolute atomic E-state index is 12.5. The third-order valence-electron chi connectivity index (χ3n) is 3.88. The normalized spacial score (nSPS) is 23.0. The van der Waals surface area contributed by atoms with E-state index in [0.29, 0.717) is 27.3 Å². The van der Waals surface area contributed by atoms with Crippen LogP contribution >= 0.6 is 35.4 Å². The van der Waals surface area contributed by atoms with Crippen molar-refractivity contribution in [3.8, 4) is 0 Å². The summed E-state index contributed by atoms with van der Waals surface area (Å²) in [6.45, 7) is 0.898. The van der Waals surface area contributed by atoms with Gasteiger partial charge in [0.25, 0.3) is 0 Å². The van der Waals surface area contributed by atoms with Gasteiger partial charge in [0, 0.05) is 19.0 Å². The van der Waals surface area contributed by atoms with Crippen molar-refractivity contribution in [2.24, 2.45) is 0 Å². The number of nitrogens with zero attached hydrogens (tertiary/aromatic N) is 2. The van der Waals surface area contributed by atoms with E-state index in [2.05, 4.69) is 4.90 Å². The van der Waals surface area contributed by atoms with E-state index in [4.69, 9.17) is 35.4 Å². The van der Waals surface area contributed by atoms with Crippen LogP contribution in [0.2, 0.25) is 10.0 Å². The number of fused-ring (bicyclic) bond motifs is 1. The van der Waals surface area contributed by atoms with Gasteiger partial charge >= 0.3 is 0 Å². The van der Waals surface area contributed by atoms with Crippen LogP contribution in [0.25, 0.3) is 0 Å². The quantitative estimate of drug-likeness (QED) is 0.731. The van der Waals surface area contributed by atoms with Crippen molar-refractivity contribution in [2.75, 3.05) is 11.4 Å². The predicted molar refractivity (Wildman–Crippen MR) is 85.5 cm³/mol. The van der Waals surface area contributed by atoms with E-state index >= 15 is 0 Å². The number of anilines is 1. The van der Waals surface area contributed by atoms with Gasteiger partial charge in [0.05, 0.1) is 15.7 Å². The first kappa shape index (κ1) is 14.1. The molecule has 0 bridgehead atoms. The molecular weight excluding hydrogens is 315 g/mol. The second-order valence-corrected chi connectivity index (χ2v) is 6.31. The Hall–Kier alpha value is -0.840. The molecule has 2 aliphatic heterocycles. The summed E-state index contributed by atoms with van der Waals surface area (Å²) in [7, 11) is 0. The molecule has 20 heavy (non-hydrogen) atoms. The molecule has 0 spiro atoms. The Morgan fingerprint density at radius 2 is 1.90 bits per heavy atom. The highest BCUT2D eigenvalue weighted by Gasteiger charge is 2.39. The molecule has 1 unspecified atom stereocenters. The molecule has 3 rings (SSSR count). The second-order valence-electron chi connectivity index (χ2n) is 5.13. The minimum Gasteiger partial charge on any atom is -0.345 e. The Kier molecular flexibility index (Phi) is 3.89. The van der Waals surface area contributed by atoms with E-state index in [1.807, 2.05) is 0 Å². The monoisotopic (exact) mass is 328 g/mol. The summed E-state index contributed by atoms with van der Waals surface area (Å²) in [5.41, 5.74) is 0.509. The SMILES string of the molecule is O=C1CC2CCCCN2C(=S)N1c1c(Cl)cccc1Cl. The van der Waals surface area contributed by atoms with E-state index in [9.17, 15) is 4.79 Å². The molecule has 2 aliphatic rings. The minimum absolute atomic E-state index is 0.0202. The zero-order chi connectivity index (χ0) is 14.3. The molecule has 1 atom stereocenters. The molecule has 0 aliphatic carbocycles. The Morgan fingerprint density at radius 1 is 1.20 bits per heavy atom. The van der Waals surface area contributed by atoms with Crippen molar-refractivity contribution in [3.05, 3.63) is 28.2 Å².